The van der Waals surface area contributed by atoms with Gasteiger partial charge in [0, 0.05) is 12.8 Å². The van der Waals surface area contributed by atoms with Gasteiger partial charge >= 0.3 is 24.1 Å². The molecule has 2 amide bonds. The number of nitrogens with one attached hydrogen (secondary N) is 2. The first-order valence-corrected chi connectivity index (χ1v) is 12.8. The van der Waals surface area contributed by atoms with E-state index in [4.69, 9.17) is 18.9 Å². The molecule has 218 valence electrons. The van der Waals surface area contributed by atoms with Crippen LogP contribution in [0.4, 0.5) is 9.59 Å². The summed E-state index contributed by atoms with van der Waals surface area (Å²) in [7, 11) is 0. The molecule has 0 aromatic heterocycles. The monoisotopic (exact) mass is 556 g/mol. The van der Waals surface area contributed by atoms with Crippen molar-refractivity contribution in [2.45, 2.75) is 105 Å². The summed E-state index contributed by atoms with van der Waals surface area (Å²) in [6.07, 6.45) is -1.42. The topological polar surface area (TPSA) is 129 Å². The van der Waals surface area contributed by atoms with E-state index in [-0.39, 0.29) is 26.1 Å². The third-order valence-corrected chi connectivity index (χ3v) is 4.67. The predicted octanol–water partition coefficient (Wildman–Crippen LogP) is 4.39. The van der Waals surface area contributed by atoms with Gasteiger partial charge in [0.25, 0.3) is 0 Å². The number of benzene rings is 1. The van der Waals surface area contributed by atoms with E-state index in [9.17, 15) is 19.2 Å². The first-order valence-electron chi connectivity index (χ1n) is 12.8. The molecule has 10 heteroatoms. The summed E-state index contributed by atoms with van der Waals surface area (Å²) < 4.78 is 21.2. The van der Waals surface area contributed by atoms with Gasteiger partial charge in [0.2, 0.25) is 0 Å². The summed E-state index contributed by atoms with van der Waals surface area (Å²) in [5.41, 5.74) is -0.183. The molecule has 10 nitrogen and oxygen atoms in total. The van der Waals surface area contributed by atoms with Gasteiger partial charge in [-0.15, -0.1) is 23.7 Å². The molecule has 0 aliphatic carbocycles. The van der Waals surface area contributed by atoms with Crippen LogP contribution in [0.15, 0.2) is 24.3 Å². The van der Waals surface area contributed by atoms with Crippen LogP contribution in [0.2, 0.25) is 0 Å². The molecule has 1 aromatic carbocycles. The van der Waals surface area contributed by atoms with Gasteiger partial charge in [0.15, 0.2) is 0 Å². The lowest BCUT2D eigenvalue weighted by Gasteiger charge is -2.23. The van der Waals surface area contributed by atoms with Crippen LogP contribution in [0.3, 0.4) is 0 Å². The first kappa shape index (κ1) is 33.8. The van der Waals surface area contributed by atoms with Crippen molar-refractivity contribution >= 4 is 24.1 Å². The zero-order chi connectivity index (χ0) is 30.3. The molecule has 2 atom stereocenters. The third-order valence-electron chi connectivity index (χ3n) is 4.67. The van der Waals surface area contributed by atoms with E-state index < -0.39 is 47.4 Å². The highest BCUT2D eigenvalue weighted by Crippen LogP contribution is 2.12. The van der Waals surface area contributed by atoms with Crippen LogP contribution in [0.25, 0.3) is 0 Å². The van der Waals surface area contributed by atoms with Gasteiger partial charge < -0.3 is 29.6 Å². The van der Waals surface area contributed by atoms with E-state index in [0.29, 0.717) is 11.1 Å². The van der Waals surface area contributed by atoms with Crippen molar-refractivity contribution in [1.82, 2.24) is 10.6 Å². The second-order valence-electron chi connectivity index (χ2n) is 10.7. The number of rotatable bonds is 10. The molecule has 0 heterocycles. The maximum absolute atomic E-state index is 12.7. The lowest BCUT2D eigenvalue weighted by molar-refractivity contribution is -0.157. The van der Waals surface area contributed by atoms with Crippen LogP contribution in [0.5, 0.6) is 0 Å². The quantitative estimate of drug-likeness (QED) is 0.247. The molecular weight excluding hydrogens is 516 g/mol. The average Bonchev–Trinajstić information content (AvgIpc) is 2.84. The maximum atomic E-state index is 12.7. The second-order valence-corrected chi connectivity index (χ2v) is 10.7. The van der Waals surface area contributed by atoms with Crippen LogP contribution in [-0.2, 0) is 41.8 Å². The van der Waals surface area contributed by atoms with Crippen molar-refractivity contribution in [2.75, 3.05) is 0 Å². The molecule has 0 radical (unpaired) electrons. The molecular formula is C30H40N2O8. The van der Waals surface area contributed by atoms with Gasteiger partial charge in [0.1, 0.15) is 36.5 Å². The lowest BCUT2D eigenvalue weighted by Crippen LogP contribution is -2.44. The van der Waals surface area contributed by atoms with Crippen molar-refractivity contribution < 1.29 is 38.1 Å². The zero-order valence-electron chi connectivity index (χ0n) is 24.6. The molecule has 0 aliphatic heterocycles. The minimum Gasteiger partial charge on any atom is -0.459 e. The van der Waals surface area contributed by atoms with Crippen molar-refractivity contribution in [2.24, 2.45) is 0 Å². The van der Waals surface area contributed by atoms with E-state index in [0.717, 1.165) is 0 Å². The van der Waals surface area contributed by atoms with Gasteiger partial charge in [0.05, 0.1) is 0 Å². The number of carbonyl (C=O) groups excluding carboxylic acids is 4. The summed E-state index contributed by atoms with van der Waals surface area (Å²) in [4.78, 5) is 49.6. The highest BCUT2D eigenvalue weighted by atomic mass is 16.6. The first-order chi connectivity index (χ1) is 18.6. The SMILES string of the molecule is CC#CC[C@@H](NC(=O)OC(C)(C)C)C(=O)OCc1cccc(COC(=O)N[C@H](CC#CC)C(=O)OC(C)(C)C)c1. The summed E-state index contributed by atoms with van der Waals surface area (Å²) in [5, 5.41) is 4.99. The minimum atomic E-state index is -1.01. The highest BCUT2D eigenvalue weighted by molar-refractivity contribution is 5.82. The van der Waals surface area contributed by atoms with Crippen LogP contribution >= 0.6 is 0 Å². The molecule has 0 spiro atoms. The standard InChI is InChI=1S/C30H40N2O8/c1-9-11-16-23(32-28(36)40-30(6,7)8)25(33)37-19-21-14-13-15-22(18-21)20-38-27(35)31-24(17-12-10-2)26(34)39-29(3,4)5/h13-15,18,23-24H,16-17,19-20H2,1-8H3,(H,31,35)(H,32,36)/t23-,24-/m1/s1. The van der Waals surface area contributed by atoms with Gasteiger partial charge in [-0.3, -0.25) is 0 Å². The molecule has 1 aromatic rings. The Labute approximate surface area is 236 Å². The van der Waals surface area contributed by atoms with E-state index in [1.807, 2.05) is 0 Å². The fraction of sp³-hybridized carbons (Fsp3) is 0.533. The lowest BCUT2D eigenvalue weighted by atomic mass is 10.1. The van der Waals surface area contributed by atoms with Gasteiger partial charge in [-0.25, -0.2) is 19.2 Å². The van der Waals surface area contributed by atoms with E-state index in [1.54, 1.807) is 79.7 Å². The highest BCUT2D eigenvalue weighted by Gasteiger charge is 2.27. The van der Waals surface area contributed by atoms with Crippen molar-refractivity contribution in [3.8, 4) is 23.7 Å². The Morgan fingerprint density at radius 1 is 0.725 bits per heavy atom. The van der Waals surface area contributed by atoms with Gasteiger partial charge in [-0.05, 0) is 72.6 Å². The minimum absolute atomic E-state index is 0.0612. The third kappa shape index (κ3) is 14.7. The number of carbonyl (C=O) groups is 4. The summed E-state index contributed by atoms with van der Waals surface area (Å²) in [6.45, 7) is 13.4. The Morgan fingerprint density at radius 2 is 1.20 bits per heavy atom. The Kier molecular flexibility index (Phi) is 13.6. The van der Waals surface area contributed by atoms with Crippen molar-refractivity contribution in [3.05, 3.63) is 35.4 Å². The summed E-state index contributed by atoms with van der Waals surface area (Å²) in [6, 6.07) is 4.91. The second kappa shape index (κ2) is 16.0. The normalized spacial score (nSPS) is 12.2. The van der Waals surface area contributed by atoms with E-state index in [1.165, 1.54) is 0 Å². The maximum Gasteiger partial charge on any atom is 0.408 e. The molecule has 0 bridgehead atoms. The number of hydrogen-bond acceptors (Lipinski definition) is 8. The van der Waals surface area contributed by atoms with Crippen molar-refractivity contribution in [3.63, 3.8) is 0 Å². The average molecular weight is 557 g/mol. The molecule has 40 heavy (non-hydrogen) atoms. The molecule has 0 saturated heterocycles. The number of esters is 2. The molecule has 0 fully saturated rings. The molecule has 1 rings (SSSR count). The predicted molar refractivity (Wildman–Crippen MR) is 148 cm³/mol. The molecule has 0 aliphatic rings. The van der Waals surface area contributed by atoms with Gasteiger partial charge in [-0.1, -0.05) is 18.2 Å². The Bertz CT molecular complexity index is 1160. The van der Waals surface area contributed by atoms with Crippen molar-refractivity contribution in [1.29, 1.82) is 0 Å². The molecule has 0 unspecified atom stereocenters. The number of hydrogen-bond donors (Lipinski definition) is 2. The van der Waals surface area contributed by atoms with Crippen LogP contribution in [0, 0.1) is 23.7 Å². The van der Waals surface area contributed by atoms with Gasteiger partial charge in [-0.2, -0.15) is 0 Å². The fourth-order valence-corrected chi connectivity index (χ4v) is 3.01. The Morgan fingerprint density at radius 3 is 1.70 bits per heavy atom. The number of alkyl carbamates (subject to hydrolysis) is 2. The largest absolute Gasteiger partial charge is 0.459 e. The summed E-state index contributed by atoms with van der Waals surface area (Å²) >= 11 is 0. The Balaban J connectivity index is 2.74. The van der Waals surface area contributed by atoms with Crippen LogP contribution < -0.4 is 10.6 Å². The molecule has 0 saturated carbocycles. The van der Waals surface area contributed by atoms with E-state index in [2.05, 4.69) is 34.3 Å². The fourth-order valence-electron chi connectivity index (χ4n) is 3.01. The van der Waals surface area contributed by atoms with Crippen LogP contribution in [0.1, 0.15) is 79.4 Å². The summed E-state index contributed by atoms with van der Waals surface area (Å²) in [5.74, 6) is 9.62. The van der Waals surface area contributed by atoms with E-state index >= 15 is 0 Å². The zero-order valence-corrected chi connectivity index (χ0v) is 24.6. The number of ether oxygens (including phenoxy) is 4. The smallest absolute Gasteiger partial charge is 0.408 e. The Hall–Kier alpha value is -4.18. The molecule has 2 N–H and O–H groups in total. The number of amides is 2. The van der Waals surface area contributed by atoms with Crippen LogP contribution in [-0.4, -0.2) is 47.4 Å².